The van der Waals surface area contributed by atoms with Crippen molar-refractivity contribution in [3.8, 4) is 0 Å². The van der Waals surface area contributed by atoms with Crippen molar-refractivity contribution in [2.45, 2.75) is 96.6 Å². The van der Waals surface area contributed by atoms with Crippen molar-refractivity contribution in [2.75, 3.05) is 6.54 Å². The fourth-order valence-corrected chi connectivity index (χ4v) is 9.37. The van der Waals surface area contributed by atoms with Gasteiger partial charge in [-0.2, -0.15) is 0 Å². The van der Waals surface area contributed by atoms with Crippen molar-refractivity contribution >= 4 is 40.4 Å². The van der Waals surface area contributed by atoms with Gasteiger partial charge in [0, 0.05) is 41.8 Å². The summed E-state index contributed by atoms with van der Waals surface area (Å²) in [6, 6.07) is 6.35. The normalized spacial score (nSPS) is 30.7. The lowest BCUT2D eigenvalue weighted by atomic mass is 9.47. The number of hydrogen-bond acceptors (Lipinski definition) is 6. The van der Waals surface area contributed by atoms with Gasteiger partial charge in [0.2, 0.25) is 11.8 Å². The van der Waals surface area contributed by atoms with Gasteiger partial charge in [0.1, 0.15) is 12.1 Å². The van der Waals surface area contributed by atoms with Crippen LogP contribution in [0.2, 0.25) is 0 Å². The van der Waals surface area contributed by atoms with Gasteiger partial charge >= 0.3 is 11.9 Å². The fraction of sp³-hybridized carbons (Fsp3) is 0.583. The molecule has 10 heteroatoms. The number of aromatic nitrogens is 1. The number of carbonyl (C=O) groups excluding carboxylic acids is 4. The molecule has 4 aliphatic rings. The van der Waals surface area contributed by atoms with Crippen molar-refractivity contribution < 1.29 is 33.8 Å². The fourth-order valence-electron chi connectivity index (χ4n) is 9.37. The molecule has 246 valence electrons. The summed E-state index contributed by atoms with van der Waals surface area (Å²) in [6.07, 6.45) is 10.9. The molecule has 0 aliphatic heterocycles. The Morgan fingerprint density at radius 3 is 2.61 bits per heavy atom. The van der Waals surface area contributed by atoms with Gasteiger partial charge in [0.15, 0.2) is 5.78 Å². The molecular formula is C36H45N3O7. The number of aliphatic carboxylic acids is 1. The Kier molecular flexibility index (Phi) is 8.83. The smallest absolute Gasteiger partial charge is 0.326 e. The Bertz CT molecular complexity index is 1580. The monoisotopic (exact) mass is 631 g/mol. The Labute approximate surface area is 269 Å². The molecule has 6 rings (SSSR count). The highest BCUT2D eigenvalue weighted by Gasteiger charge is 2.60. The van der Waals surface area contributed by atoms with Crippen molar-refractivity contribution in [2.24, 2.45) is 28.6 Å². The SMILES string of the molecule is C[C@]12CCC(=O)C=C1CC[C@@H]1[C@@H]2CC[C@]2(C)C(OC(=O)CCC(=O)NCC(=O)NC(Cc3c[nH]c4ccccc34)C(=O)O)CC[C@@H]12. The highest BCUT2D eigenvalue weighted by molar-refractivity contribution is 5.92. The highest BCUT2D eigenvalue weighted by atomic mass is 16.5. The Morgan fingerprint density at radius 2 is 1.80 bits per heavy atom. The van der Waals surface area contributed by atoms with E-state index in [1.54, 1.807) is 6.20 Å². The zero-order valence-corrected chi connectivity index (χ0v) is 26.7. The van der Waals surface area contributed by atoms with Crippen molar-refractivity contribution in [1.82, 2.24) is 15.6 Å². The van der Waals surface area contributed by atoms with Crippen LogP contribution in [-0.2, 0) is 35.1 Å². The molecule has 0 bridgehead atoms. The van der Waals surface area contributed by atoms with E-state index in [-0.39, 0.29) is 48.5 Å². The standard InChI is InChI=1S/C36H45N3O7/c1-35-15-13-23(40)18-22(35)7-8-25-26-9-10-30(36(26,2)16-14-27(25)35)46-33(43)12-11-31(41)38-20-32(42)39-29(34(44)45)17-21-19-37-28-6-4-3-5-24(21)28/h3-6,18-19,25-27,29-30,37H,7-17,20H2,1-2H3,(H,38,41)(H,39,42)(H,44,45)/t25-,26-,27-,29?,30?,35-,36-/m0/s1. The maximum Gasteiger partial charge on any atom is 0.326 e. The number of para-hydroxylation sites is 1. The van der Waals surface area contributed by atoms with Crippen LogP contribution in [0.1, 0.15) is 83.6 Å². The largest absolute Gasteiger partial charge is 0.480 e. The molecule has 3 saturated carbocycles. The van der Waals surface area contributed by atoms with Crippen LogP contribution in [0.4, 0.5) is 0 Å². The predicted octanol–water partition coefficient (Wildman–Crippen LogP) is 4.62. The summed E-state index contributed by atoms with van der Waals surface area (Å²) in [5.74, 6) is -0.808. The third-order valence-electron chi connectivity index (χ3n) is 11.9. The van der Waals surface area contributed by atoms with Gasteiger partial charge in [-0.3, -0.25) is 19.2 Å². The molecule has 1 aromatic carbocycles. The Balaban J connectivity index is 0.955. The van der Waals surface area contributed by atoms with Gasteiger partial charge in [0.25, 0.3) is 0 Å². The summed E-state index contributed by atoms with van der Waals surface area (Å²) in [4.78, 5) is 64.9. The van der Waals surface area contributed by atoms with Crippen molar-refractivity contribution in [3.63, 3.8) is 0 Å². The van der Waals surface area contributed by atoms with Gasteiger partial charge in [-0.15, -0.1) is 0 Å². The average molecular weight is 632 g/mol. The van der Waals surface area contributed by atoms with E-state index < -0.39 is 29.8 Å². The van der Waals surface area contributed by atoms with E-state index in [0.29, 0.717) is 24.2 Å². The van der Waals surface area contributed by atoms with Crippen LogP contribution < -0.4 is 10.6 Å². The van der Waals surface area contributed by atoms with Gasteiger partial charge in [-0.1, -0.05) is 37.6 Å². The third kappa shape index (κ3) is 6.10. The molecule has 4 aliphatic carbocycles. The number of nitrogens with one attached hydrogen (secondary N) is 3. The number of carbonyl (C=O) groups is 5. The van der Waals surface area contributed by atoms with Crippen LogP contribution in [-0.4, -0.2) is 58.3 Å². The minimum absolute atomic E-state index is 0.0880. The van der Waals surface area contributed by atoms with Gasteiger partial charge in [-0.25, -0.2) is 4.79 Å². The molecule has 46 heavy (non-hydrogen) atoms. The van der Waals surface area contributed by atoms with Gasteiger partial charge < -0.3 is 25.5 Å². The highest BCUT2D eigenvalue weighted by Crippen LogP contribution is 2.65. The second-order valence-corrected chi connectivity index (χ2v) is 14.4. The maximum absolute atomic E-state index is 12.9. The maximum atomic E-state index is 12.9. The summed E-state index contributed by atoms with van der Waals surface area (Å²) in [6.45, 7) is 4.24. The van der Waals surface area contributed by atoms with Crippen LogP contribution >= 0.6 is 0 Å². The van der Waals surface area contributed by atoms with Crippen LogP contribution in [0.3, 0.4) is 0 Å². The van der Waals surface area contributed by atoms with Crippen LogP contribution in [0, 0.1) is 28.6 Å². The van der Waals surface area contributed by atoms with Crippen LogP contribution in [0.5, 0.6) is 0 Å². The second-order valence-electron chi connectivity index (χ2n) is 14.4. The lowest BCUT2D eigenvalue weighted by molar-refractivity contribution is -0.160. The first-order valence-electron chi connectivity index (χ1n) is 16.7. The molecule has 7 atom stereocenters. The molecule has 0 spiro atoms. The average Bonchev–Trinajstić information content (AvgIpc) is 3.59. The first-order valence-corrected chi connectivity index (χ1v) is 16.7. The number of H-pyrrole nitrogens is 1. The number of ether oxygens (including phenoxy) is 1. The summed E-state index contributed by atoms with van der Waals surface area (Å²) in [7, 11) is 0. The lowest BCUT2D eigenvalue weighted by Gasteiger charge is -2.57. The van der Waals surface area contributed by atoms with E-state index in [1.807, 2.05) is 30.3 Å². The van der Waals surface area contributed by atoms with E-state index in [0.717, 1.165) is 61.4 Å². The molecule has 1 heterocycles. The predicted molar refractivity (Wildman–Crippen MR) is 170 cm³/mol. The van der Waals surface area contributed by atoms with Gasteiger partial charge in [-0.05, 0) is 85.8 Å². The van der Waals surface area contributed by atoms with E-state index in [4.69, 9.17) is 4.74 Å². The topological polar surface area (TPSA) is 155 Å². The summed E-state index contributed by atoms with van der Waals surface area (Å²) < 4.78 is 6.02. The minimum Gasteiger partial charge on any atom is -0.480 e. The molecule has 4 N–H and O–H groups in total. The third-order valence-corrected chi connectivity index (χ3v) is 11.9. The summed E-state index contributed by atoms with van der Waals surface area (Å²) in [5.41, 5.74) is 3.00. The van der Waals surface area contributed by atoms with Crippen molar-refractivity contribution in [3.05, 3.63) is 47.7 Å². The summed E-state index contributed by atoms with van der Waals surface area (Å²) >= 11 is 0. The minimum atomic E-state index is -1.17. The number of aromatic amines is 1. The van der Waals surface area contributed by atoms with Crippen molar-refractivity contribution in [1.29, 1.82) is 0 Å². The zero-order chi connectivity index (χ0) is 32.6. The Hall–Kier alpha value is -3.95. The number of esters is 1. The number of carboxylic acids is 1. The van der Waals surface area contributed by atoms with E-state index >= 15 is 0 Å². The molecule has 2 aromatic rings. The number of benzene rings is 1. The van der Waals surface area contributed by atoms with E-state index in [9.17, 15) is 29.1 Å². The molecule has 0 saturated heterocycles. The number of allylic oxidation sites excluding steroid dienone is 1. The number of hydrogen-bond donors (Lipinski definition) is 4. The second kappa shape index (κ2) is 12.7. The molecule has 1 aromatic heterocycles. The molecule has 0 radical (unpaired) electrons. The lowest BCUT2D eigenvalue weighted by Crippen LogP contribution is -2.51. The molecule has 10 nitrogen and oxygen atoms in total. The zero-order valence-electron chi connectivity index (χ0n) is 26.7. The number of rotatable bonds is 10. The van der Waals surface area contributed by atoms with E-state index in [2.05, 4.69) is 29.5 Å². The van der Waals surface area contributed by atoms with E-state index in [1.165, 1.54) is 5.57 Å². The van der Waals surface area contributed by atoms with Gasteiger partial charge in [0.05, 0.1) is 13.0 Å². The quantitative estimate of drug-likeness (QED) is 0.279. The first kappa shape index (κ1) is 32.0. The van der Waals surface area contributed by atoms with Crippen LogP contribution in [0.25, 0.3) is 10.9 Å². The number of ketones is 1. The molecule has 3 fully saturated rings. The molecular weight excluding hydrogens is 586 g/mol. The molecule has 2 amide bonds. The first-order chi connectivity index (χ1) is 22.0. The molecule has 2 unspecified atom stereocenters. The number of amides is 2. The Morgan fingerprint density at radius 1 is 1.00 bits per heavy atom. The number of fused-ring (bicyclic) bond motifs is 6. The number of carboxylic acid groups (broad SMARTS) is 1. The summed E-state index contributed by atoms with van der Waals surface area (Å²) in [5, 5.41) is 15.5. The van der Waals surface area contributed by atoms with Crippen LogP contribution in [0.15, 0.2) is 42.1 Å².